The summed E-state index contributed by atoms with van der Waals surface area (Å²) in [7, 11) is 0. The molecular formula is C3H11ClN2. The number of nitrogens with two attached hydrogens (primary N) is 2. The minimum atomic E-state index is 0. The summed E-state index contributed by atoms with van der Waals surface area (Å²) >= 11 is 0. The first-order valence-corrected chi connectivity index (χ1v) is 1.32. The average Bonchev–Trinajstić information content (AvgIpc) is 1.46. The van der Waals surface area contributed by atoms with Crippen molar-refractivity contribution in [1.82, 2.24) is 0 Å². The molecule has 0 aliphatic heterocycles. The molecule has 0 atom stereocenters. The summed E-state index contributed by atoms with van der Waals surface area (Å²) < 4.78 is 0. The molecule has 0 bridgehead atoms. The van der Waals surface area contributed by atoms with Crippen LogP contribution < -0.4 is 11.7 Å². The molecule has 40 valence electrons. The molecule has 0 aliphatic rings. The smallest absolute Gasteiger partial charge is 0.0473 e. The third kappa shape index (κ3) is 13700. The number of hydrogen-bond acceptors (Lipinski definition) is 2. The Morgan fingerprint density at radius 1 is 1.50 bits per heavy atom. The van der Waals surface area contributed by atoms with Crippen LogP contribution in [0.1, 0.15) is 6.92 Å². The van der Waals surface area contributed by atoms with Crippen LogP contribution in [0.25, 0.3) is 0 Å². The lowest BCUT2D eigenvalue weighted by Gasteiger charge is -1.31. The molecule has 3 heteroatoms. The second-order valence-corrected chi connectivity index (χ2v) is 0.408. The van der Waals surface area contributed by atoms with Gasteiger partial charge in [-0.3, -0.25) is 11.7 Å². The van der Waals surface area contributed by atoms with E-state index in [1.807, 2.05) is 6.92 Å². The summed E-state index contributed by atoms with van der Waals surface area (Å²) in [5, 5.41) is 0. The maximum atomic E-state index is 4.00. The van der Waals surface area contributed by atoms with Crippen molar-refractivity contribution >= 4 is 12.4 Å². The molecule has 0 unspecified atom stereocenters. The third-order valence-electron chi connectivity index (χ3n) is 0. The lowest BCUT2D eigenvalue weighted by Crippen LogP contribution is -2.02. The molecule has 0 aromatic rings. The minimum absolute atomic E-state index is 0. The predicted molar refractivity (Wildman–Crippen MR) is 31.5 cm³/mol. The zero-order valence-electron chi connectivity index (χ0n) is 3.85. The van der Waals surface area contributed by atoms with E-state index in [0.29, 0.717) is 0 Å². The van der Waals surface area contributed by atoms with E-state index in [-0.39, 0.29) is 12.4 Å². The average molecular weight is 111 g/mol. The molecule has 0 aliphatic carbocycles. The Hall–Kier alpha value is -0.0500. The van der Waals surface area contributed by atoms with Crippen LogP contribution in [-0.4, -0.2) is 0 Å². The van der Waals surface area contributed by atoms with Crippen molar-refractivity contribution in [1.29, 1.82) is 0 Å². The standard InChI is InChI=1S/C3H6.ClH.H4N2/c1-3-2;;1-2/h3H,1H2,2H3;1H;1-2H2. The van der Waals surface area contributed by atoms with E-state index in [9.17, 15) is 0 Å². The van der Waals surface area contributed by atoms with E-state index in [0.717, 1.165) is 0 Å². The van der Waals surface area contributed by atoms with E-state index in [1.54, 1.807) is 6.08 Å². The largest absolute Gasteiger partial charge is 0.274 e. The molecule has 0 heterocycles. The summed E-state index contributed by atoms with van der Waals surface area (Å²) in [4.78, 5) is 0. The minimum Gasteiger partial charge on any atom is -0.274 e. The quantitative estimate of drug-likeness (QED) is 0.270. The lowest BCUT2D eigenvalue weighted by atomic mass is 10.8. The molecule has 0 rings (SSSR count). The van der Waals surface area contributed by atoms with E-state index in [1.165, 1.54) is 0 Å². The number of hydrogen-bond donors (Lipinski definition) is 2. The second-order valence-electron chi connectivity index (χ2n) is 0.408. The highest BCUT2D eigenvalue weighted by Gasteiger charge is 1.15. The predicted octanol–water partition coefficient (Wildman–Crippen LogP) is 0.433. The molecule has 0 aromatic carbocycles. The van der Waals surface area contributed by atoms with Crippen LogP contribution in [0.5, 0.6) is 0 Å². The van der Waals surface area contributed by atoms with Gasteiger partial charge >= 0.3 is 0 Å². The molecular weight excluding hydrogens is 99.5 g/mol. The van der Waals surface area contributed by atoms with Crippen LogP contribution in [0.2, 0.25) is 0 Å². The highest BCUT2D eigenvalue weighted by molar-refractivity contribution is 5.85. The Bertz CT molecular complexity index is 16.3. The summed E-state index contributed by atoms with van der Waals surface area (Å²) in [6, 6.07) is 0. The first-order chi connectivity index (χ1) is 2.41. The number of allylic oxidation sites excluding steroid dienone is 1. The van der Waals surface area contributed by atoms with Crippen molar-refractivity contribution in [2.75, 3.05) is 0 Å². The van der Waals surface area contributed by atoms with Crippen LogP contribution in [0.4, 0.5) is 0 Å². The normalized spacial score (nSPS) is 3.17. The van der Waals surface area contributed by atoms with Gasteiger partial charge in [-0.2, -0.15) is 0 Å². The van der Waals surface area contributed by atoms with Gasteiger partial charge in [0.1, 0.15) is 0 Å². The van der Waals surface area contributed by atoms with Gasteiger partial charge in [0, 0.05) is 0 Å². The Kier molecular flexibility index (Phi) is 239. The van der Waals surface area contributed by atoms with Crippen LogP contribution in [0, 0.1) is 0 Å². The monoisotopic (exact) mass is 110 g/mol. The zero-order valence-corrected chi connectivity index (χ0v) is 4.66. The van der Waals surface area contributed by atoms with E-state index in [2.05, 4.69) is 18.3 Å². The molecule has 0 spiro atoms. The maximum absolute atomic E-state index is 4.00. The molecule has 0 aromatic heterocycles. The van der Waals surface area contributed by atoms with Gasteiger partial charge in [0.2, 0.25) is 0 Å². The Morgan fingerprint density at radius 3 is 1.50 bits per heavy atom. The molecule has 0 amide bonds. The number of hydrazine groups is 1. The fourth-order valence-electron chi connectivity index (χ4n) is 0. The van der Waals surface area contributed by atoms with E-state index < -0.39 is 0 Å². The highest BCUT2D eigenvalue weighted by atomic mass is 35.5. The van der Waals surface area contributed by atoms with Gasteiger partial charge in [0.05, 0.1) is 0 Å². The lowest BCUT2D eigenvalue weighted by molar-refractivity contribution is 1.26. The Balaban J connectivity index is -0.0000000275. The fraction of sp³-hybridized carbons (Fsp3) is 0.333. The molecule has 0 saturated carbocycles. The van der Waals surface area contributed by atoms with Gasteiger partial charge in [-0.25, -0.2) is 0 Å². The van der Waals surface area contributed by atoms with Crippen molar-refractivity contribution in [3.05, 3.63) is 12.7 Å². The van der Waals surface area contributed by atoms with Crippen LogP contribution in [0.3, 0.4) is 0 Å². The van der Waals surface area contributed by atoms with E-state index in [4.69, 9.17) is 0 Å². The van der Waals surface area contributed by atoms with Gasteiger partial charge in [-0.1, -0.05) is 6.08 Å². The van der Waals surface area contributed by atoms with Crippen LogP contribution in [0.15, 0.2) is 12.7 Å². The number of halogens is 1. The first kappa shape index (κ1) is 16.8. The SMILES string of the molecule is C=CC.Cl.NN. The summed E-state index contributed by atoms with van der Waals surface area (Å²) in [6.07, 6.45) is 1.75. The topological polar surface area (TPSA) is 52.0 Å². The molecule has 2 nitrogen and oxygen atoms in total. The zero-order chi connectivity index (χ0) is 4.71. The molecule has 0 fully saturated rings. The van der Waals surface area contributed by atoms with Gasteiger partial charge in [0.15, 0.2) is 0 Å². The summed E-state index contributed by atoms with van der Waals surface area (Å²) in [5.74, 6) is 8.00. The Morgan fingerprint density at radius 2 is 1.50 bits per heavy atom. The molecule has 6 heavy (non-hydrogen) atoms. The van der Waals surface area contributed by atoms with E-state index >= 15 is 0 Å². The fourth-order valence-corrected chi connectivity index (χ4v) is 0. The van der Waals surface area contributed by atoms with Gasteiger partial charge in [0.25, 0.3) is 0 Å². The highest BCUT2D eigenvalue weighted by Crippen LogP contribution is 1.38. The van der Waals surface area contributed by atoms with Crippen molar-refractivity contribution in [2.45, 2.75) is 6.92 Å². The van der Waals surface area contributed by atoms with Crippen molar-refractivity contribution in [3.8, 4) is 0 Å². The molecule has 4 N–H and O–H groups in total. The first-order valence-electron chi connectivity index (χ1n) is 1.32. The summed E-state index contributed by atoms with van der Waals surface area (Å²) in [5.41, 5.74) is 0. The summed E-state index contributed by atoms with van der Waals surface area (Å²) in [6.45, 7) is 5.25. The third-order valence-corrected chi connectivity index (χ3v) is 0. The van der Waals surface area contributed by atoms with Gasteiger partial charge in [-0.15, -0.1) is 19.0 Å². The Labute approximate surface area is 44.6 Å². The van der Waals surface area contributed by atoms with Crippen molar-refractivity contribution < 1.29 is 0 Å². The van der Waals surface area contributed by atoms with Crippen molar-refractivity contribution in [2.24, 2.45) is 11.7 Å². The number of rotatable bonds is 0. The molecule has 0 radical (unpaired) electrons. The van der Waals surface area contributed by atoms with Crippen LogP contribution >= 0.6 is 12.4 Å². The maximum Gasteiger partial charge on any atom is -0.0473 e. The second kappa shape index (κ2) is 85.6. The van der Waals surface area contributed by atoms with Crippen LogP contribution in [-0.2, 0) is 0 Å². The molecule has 0 saturated heterocycles. The van der Waals surface area contributed by atoms with Crippen molar-refractivity contribution in [3.63, 3.8) is 0 Å². The van der Waals surface area contributed by atoms with Gasteiger partial charge < -0.3 is 0 Å². The van der Waals surface area contributed by atoms with Gasteiger partial charge in [-0.05, 0) is 6.92 Å².